The van der Waals surface area contributed by atoms with Crippen molar-refractivity contribution >= 4 is 16.6 Å². The fraction of sp³-hybridized carbons (Fsp3) is 0.909. The van der Waals surface area contributed by atoms with Crippen LogP contribution in [0.5, 0.6) is 0 Å². The fourth-order valence-corrected chi connectivity index (χ4v) is 3.41. The van der Waals surface area contributed by atoms with Crippen LogP contribution in [0.3, 0.4) is 0 Å². The van der Waals surface area contributed by atoms with Gasteiger partial charge in [0.25, 0.3) is 0 Å². The first-order chi connectivity index (χ1) is 7.16. The minimum Gasteiger partial charge on any atom is -0.300 e. The van der Waals surface area contributed by atoms with Crippen molar-refractivity contribution in [2.45, 2.75) is 44.2 Å². The zero-order valence-electron chi connectivity index (χ0n) is 9.28. The third-order valence-electron chi connectivity index (χ3n) is 3.55. The van der Waals surface area contributed by atoms with E-state index in [1.54, 1.807) is 6.26 Å². The van der Waals surface area contributed by atoms with Gasteiger partial charge in [0.05, 0.1) is 0 Å². The number of nitrogens with zero attached hydrogens (tertiary/aromatic N) is 1. The summed E-state index contributed by atoms with van der Waals surface area (Å²) in [7, 11) is -0.673. The molecule has 2 fully saturated rings. The highest BCUT2D eigenvalue weighted by Crippen LogP contribution is 2.33. The molecule has 0 amide bonds. The molecule has 2 saturated heterocycles. The number of fused-ring (bicyclic) bond motifs is 2. The number of carbonyl (C=O) groups excluding carboxylic acids is 1. The van der Waals surface area contributed by atoms with E-state index in [0.29, 0.717) is 17.9 Å². The summed E-state index contributed by atoms with van der Waals surface area (Å²) in [6.07, 6.45) is 6.65. The van der Waals surface area contributed by atoms with Crippen molar-refractivity contribution in [2.24, 2.45) is 0 Å². The first-order valence-electron chi connectivity index (χ1n) is 5.74. The summed E-state index contributed by atoms with van der Waals surface area (Å²) in [5, 5.41) is 0. The Hall–Kier alpha value is -0.220. The molecule has 86 valence electrons. The molecule has 0 aromatic carbocycles. The molecule has 0 saturated carbocycles. The van der Waals surface area contributed by atoms with Gasteiger partial charge in [-0.05, 0) is 25.8 Å². The molecule has 2 heterocycles. The van der Waals surface area contributed by atoms with E-state index in [4.69, 9.17) is 0 Å². The molecule has 0 spiro atoms. The van der Waals surface area contributed by atoms with Crippen LogP contribution in [0.25, 0.3) is 0 Å². The average molecular weight is 229 g/mol. The van der Waals surface area contributed by atoms with Crippen molar-refractivity contribution in [3.8, 4) is 0 Å². The van der Waals surface area contributed by atoms with E-state index in [9.17, 15) is 9.00 Å². The van der Waals surface area contributed by atoms with Crippen LogP contribution in [0.15, 0.2) is 0 Å². The van der Waals surface area contributed by atoms with Gasteiger partial charge in [-0.15, -0.1) is 0 Å². The molecular weight excluding hydrogens is 210 g/mol. The number of ketones is 1. The van der Waals surface area contributed by atoms with Crippen molar-refractivity contribution in [1.29, 1.82) is 0 Å². The molecule has 4 heteroatoms. The van der Waals surface area contributed by atoms with Crippen LogP contribution >= 0.6 is 0 Å². The largest absolute Gasteiger partial charge is 0.300 e. The summed E-state index contributed by atoms with van der Waals surface area (Å²) in [6.45, 7) is 1.03. The van der Waals surface area contributed by atoms with Crippen LogP contribution in [0.1, 0.15) is 32.1 Å². The van der Waals surface area contributed by atoms with Crippen molar-refractivity contribution in [2.75, 3.05) is 18.6 Å². The lowest BCUT2D eigenvalue weighted by atomic mass is 10.0. The quantitative estimate of drug-likeness (QED) is 0.720. The van der Waals surface area contributed by atoms with E-state index < -0.39 is 10.8 Å². The second-order valence-corrected chi connectivity index (χ2v) is 6.26. The maximum absolute atomic E-state index is 11.4. The molecule has 2 rings (SSSR count). The van der Waals surface area contributed by atoms with Gasteiger partial charge in [-0.2, -0.15) is 0 Å². The van der Waals surface area contributed by atoms with E-state index in [1.807, 2.05) is 0 Å². The fourth-order valence-electron chi connectivity index (χ4n) is 2.88. The smallest absolute Gasteiger partial charge is 0.136 e. The van der Waals surface area contributed by atoms with Gasteiger partial charge in [0.2, 0.25) is 0 Å². The highest BCUT2D eigenvalue weighted by atomic mass is 32.2. The van der Waals surface area contributed by atoms with E-state index in [1.165, 1.54) is 12.8 Å². The van der Waals surface area contributed by atoms with Crippen molar-refractivity contribution in [3.63, 3.8) is 0 Å². The van der Waals surface area contributed by atoms with Gasteiger partial charge in [-0.3, -0.25) is 13.9 Å². The summed E-state index contributed by atoms with van der Waals surface area (Å²) >= 11 is 0. The van der Waals surface area contributed by atoms with Gasteiger partial charge in [0.1, 0.15) is 5.78 Å². The Balaban J connectivity index is 1.83. The first-order valence-corrected chi connectivity index (χ1v) is 7.47. The predicted octanol–water partition coefficient (Wildman–Crippen LogP) is 0.951. The zero-order chi connectivity index (χ0) is 10.8. The van der Waals surface area contributed by atoms with Gasteiger partial charge in [0, 0.05) is 47.7 Å². The van der Waals surface area contributed by atoms with Crippen LogP contribution in [0.2, 0.25) is 0 Å². The van der Waals surface area contributed by atoms with E-state index in [2.05, 4.69) is 4.90 Å². The molecule has 2 bridgehead atoms. The first kappa shape index (κ1) is 11.3. The maximum Gasteiger partial charge on any atom is 0.136 e. The van der Waals surface area contributed by atoms with E-state index >= 15 is 0 Å². The van der Waals surface area contributed by atoms with Crippen LogP contribution in [-0.4, -0.2) is 45.5 Å². The average Bonchev–Trinajstić information content (AvgIpc) is 2.42. The second-order valence-electron chi connectivity index (χ2n) is 4.70. The molecule has 2 aliphatic heterocycles. The molecular formula is C11H19NO2S. The Morgan fingerprint density at radius 3 is 2.47 bits per heavy atom. The van der Waals surface area contributed by atoms with Crippen LogP contribution in [-0.2, 0) is 15.6 Å². The number of piperidine rings is 1. The van der Waals surface area contributed by atoms with E-state index in [0.717, 1.165) is 31.6 Å². The summed E-state index contributed by atoms with van der Waals surface area (Å²) in [6, 6.07) is 1.00. The molecule has 0 aliphatic carbocycles. The lowest BCUT2D eigenvalue weighted by Gasteiger charge is -2.33. The minimum atomic E-state index is -0.673. The number of hydrogen-bond donors (Lipinski definition) is 0. The summed E-state index contributed by atoms with van der Waals surface area (Å²) in [5.74, 6) is 1.24. The Labute approximate surface area is 93.7 Å². The maximum atomic E-state index is 11.4. The Morgan fingerprint density at radius 1 is 1.33 bits per heavy atom. The van der Waals surface area contributed by atoms with Gasteiger partial charge < -0.3 is 0 Å². The number of hydrogen-bond acceptors (Lipinski definition) is 3. The SMILES string of the molecule is CS(=O)CCCN1C2CCC1CC(=O)C2. The van der Waals surface area contributed by atoms with Crippen LogP contribution in [0.4, 0.5) is 0 Å². The normalized spacial score (nSPS) is 33.3. The Kier molecular flexibility index (Phi) is 3.57. The lowest BCUT2D eigenvalue weighted by Crippen LogP contribution is -2.43. The Morgan fingerprint density at radius 2 is 1.93 bits per heavy atom. The topological polar surface area (TPSA) is 37.4 Å². The predicted molar refractivity (Wildman–Crippen MR) is 61.3 cm³/mol. The summed E-state index contributed by atoms with van der Waals surface area (Å²) in [5.41, 5.74) is 0. The molecule has 0 radical (unpaired) electrons. The highest BCUT2D eigenvalue weighted by Gasteiger charge is 2.39. The molecule has 0 aromatic heterocycles. The molecule has 0 N–H and O–H groups in total. The minimum absolute atomic E-state index is 0.442. The van der Waals surface area contributed by atoms with Crippen molar-refractivity contribution < 1.29 is 9.00 Å². The van der Waals surface area contributed by atoms with Crippen molar-refractivity contribution in [1.82, 2.24) is 4.90 Å². The van der Waals surface area contributed by atoms with Gasteiger partial charge in [-0.25, -0.2) is 0 Å². The standard InChI is InChI=1S/C11H19NO2S/c1-15(14)6-2-5-12-9-3-4-10(12)8-11(13)7-9/h9-10H,2-8H2,1H3. The number of carbonyl (C=O) groups is 1. The summed E-state index contributed by atoms with van der Waals surface area (Å²) < 4.78 is 11.0. The van der Waals surface area contributed by atoms with Crippen molar-refractivity contribution in [3.05, 3.63) is 0 Å². The van der Waals surface area contributed by atoms with Gasteiger partial charge in [-0.1, -0.05) is 0 Å². The zero-order valence-corrected chi connectivity index (χ0v) is 10.1. The van der Waals surface area contributed by atoms with E-state index in [-0.39, 0.29) is 0 Å². The molecule has 3 atom stereocenters. The van der Waals surface area contributed by atoms with Crippen LogP contribution < -0.4 is 0 Å². The molecule has 3 unspecified atom stereocenters. The molecule has 2 aliphatic rings. The highest BCUT2D eigenvalue weighted by molar-refractivity contribution is 7.84. The monoisotopic (exact) mass is 229 g/mol. The number of rotatable bonds is 4. The number of Topliss-reactive ketones (excluding diaryl/α,β-unsaturated/α-hetero) is 1. The molecule has 15 heavy (non-hydrogen) atoms. The molecule has 3 nitrogen and oxygen atoms in total. The third kappa shape index (κ3) is 2.67. The Bertz CT molecular complexity index is 264. The lowest BCUT2D eigenvalue weighted by molar-refractivity contribution is -0.123. The second kappa shape index (κ2) is 4.74. The summed E-state index contributed by atoms with van der Waals surface area (Å²) in [4.78, 5) is 13.9. The van der Waals surface area contributed by atoms with Crippen LogP contribution in [0, 0.1) is 0 Å². The third-order valence-corrected chi connectivity index (χ3v) is 4.41. The molecule has 0 aromatic rings. The van der Waals surface area contributed by atoms with Gasteiger partial charge >= 0.3 is 0 Å². The van der Waals surface area contributed by atoms with Gasteiger partial charge in [0.15, 0.2) is 0 Å².